The van der Waals surface area contributed by atoms with Gasteiger partial charge >= 0.3 is 0 Å². The number of amides is 1. The van der Waals surface area contributed by atoms with Crippen LogP contribution in [0.15, 0.2) is 48.7 Å². The number of hydrogen-bond donors (Lipinski definition) is 2. The number of carbonyl (C=O) groups is 1. The van der Waals surface area contributed by atoms with Crippen molar-refractivity contribution in [2.24, 2.45) is 0 Å². The van der Waals surface area contributed by atoms with Crippen LogP contribution in [0, 0.1) is 10.1 Å². The minimum atomic E-state index is -0.491. The summed E-state index contributed by atoms with van der Waals surface area (Å²) in [5, 5.41) is 13.2. The first-order chi connectivity index (χ1) is 10.1. The minimum absolute atomic E-state index is 0.0252. The number of aromatic amines is 1. The number of nitro groups is 1. The molecule has 0 spiro atoms. The Labute approximate surface area is 118 Å². The highest BCUT2D eigenvalue weighted by molar-refractivity contribution is 6.05. The van der Waals surface area contributed by atoms with E-state index in [2.05, 4.69) is 15.3 Å². The second-order valence-electron chi connectivity index (χ2n) is 4.38. The Morgan fingerprint density at radius 3 is 2.67 bits per heavy atom. The molecule has 7 heteroatoms. The Hall–Kier alpha value is -3.22. The summed E-state index contributed by atoms with van der Waals surface area (Å²) in [7, 11) is 0. The number of nitro benzene ring substituents is 1. The third-order valence-corrected chi connectivity index (χ3v) is 2.97. The van der Waals surface area contributed by atoms with Crippen LogP contribution in [0.5, 0.6) is 0 Å². The predicted octanol–water partition coefficient (Wildman–Crippen LogP) is 2.72. The number of aromatic nitrogens is 2. The van der Waals surface area contributed by atoms with Gasteiger partial charge in [-0.25, -0.2) is 0 Å². The Kier molecular flexibility index (Phi) is 3.07. The van der Waals surface area contributed by atoms with Crippen LogP contribution in [0.2, 0.25) is 0 Å². The second-order valence-corrected chi connectivity index (χ2v) is 4.38. The molecule has 0 aliphatic heterocycles. The molecule has 2 N–H and O–H groups in total. The van der Waals surface area contributed by atoms with Gasteiger partial charge in [-0.05, 0) is 30.3 Å². The molecule has 21 heavy (non-hydrogen) atoms. The van der Waals surface area contributed by atoms with Crippen LogP contribution >= 0.6 is 0 Å². The molecule has 0 aliphatic carbocycles. The molecule has 0 bridgehead atoms. The number of carbonyl (C=O) groups excluding carboxylic acids is 1. The first kappa shape index (κ1) is 12.8. The Bertz CT molecular complexity index is 791. The highest BCUT2D eigenvalue weighted by atomic mass is 16.6. The molecule has 2 aromatic heterocycles. The van der Waals surface area contributed by atoms with Crippen molar-refractivity contribution in [1.29, 1.82) is 0 Å². The quantitative estimate of drug-likeness (QED) is 0.569. The summed E-state index contributed by atoms with van der Waals surface area (Å²) in [6.45, 7) is 0. The lowest BCUT2D eigenvalue weighted by Crippen LogP contribution is -2.12. The van der Waals surface area contributed by atoms with Crippen molar-refractivity contribution in [3.05, 3.63) is 64.5 Å². The van der Waals surface area contributed by atoms with Crippen molar-refractivity contribution < 1.29 is 9.72 Å². The molecule has 104 valence electrons. The fraction of sp³-hybridized carbons (Fsp3) is 0. The Balaban J connectivity index is 1.80. The lowest BCUT2D eigenvalue weighted by atomic mass is 10.2. The van der Waals surface area contributed by atoms with Crippen LogP contribution in [-0.4, -0.2) is 20.8 Å². The van der Waals surface area contributed by atoms with Crippen LogP contribution in [0.1, 0.15) is 10.5 Å². The molecule has 7 nitrogen and oxygen atoms in total. The second kappa shape index (κ2) is 5.04. The number of nitrogens with one attached hydrogen (secondary N) is 2. The zero-order valence-electron chi connectivity index (χ0n) is 10.7. The average Bonchev–Trinajstić information content (AvgIpc) is 2.92. The van der Waals surface area contributed by atoms with Crippen molar-refractivity contribution in [2.45, 2.75) is 0 Å². The minimum Gasteiger partial charge on any atom is -0.349 e. The monoisotopic (exact) mass is 282 g/mol. The maximum atomic E-state index is 12.1. The van der Waals surface area contributed by atoms with E-state index in [4.69, 9.17) is 0 Å². The van der Waals surface area contributed by atoms with Crippen LogP contribution < -0.4 is 5.32 Å². The van der Waals surface area contributed by atoms with Gasteiger partial charge in [0.15, 0.2) is 0 Å². The maximum Gasteiger partial charge on any atom is 0.272 e. The summed E-state index contributed by atoms with van der Waals surface area (Å²) >= 11 is 0. The highest BCUT2D eigenvalue weighted by Gasteiger charge is 2.11. The number of non-ortho nitro benzene ring substituents is 1. The first-order valence-corrected chi connectivity index (χ1v) is 6.13. The molecule has 0 radical (unpaired) electrons. The summed E-state index contributed by atoms with van der Waals surface area (Å²) in [5.74, 6) is -0.332. The SMILES string of the molecule is O=C(Nc1ccc([N+](=O)[O-])cc1)c1cc2ncccc2[nH]1. The van der Waals surface area contributed by atoms with Crippen LogP contribution in [0.25, 0.3) is 11.0 Å². The van der Waals surface area contributed by atoms with Crippen molar-refractivity contribution >= 4 is 28.3 Å². The first-order valence-electron chi connectivity index (χ1n) is 6.13. The highest BCUT2D eigenvalue weighted by Crippen LogP contribution is 2.17. The summed E-state index contributed by atoms with van der Waals surface area (Å²) in [6, 6.07) is 10.9. The third-order valence-electron chi connectivity index (χ3n) is 2.97. The largest absolute Gasteiger partial charge is 0.349 e. The van der Waals surface area contributed by atoms with Gasteiger partial charge in [-0.2, -0.15) is 0 Å². The van der Waals surface area contributed by atoms with Gasteiger partial charge in [0.05, 0.1) is 16.0 Å². The summed E-state index contributed by atoms with van der Waals surface area (Å²) < 4.78 is 0. The lowest BCUT2D eigenvalue weighted by Gasteiger charge is -2.02. The maximum absolute atomic E-state index is 12.1. The van der Waals surface area contributed by atoms with Gasteiger partial charge < -0.3 is 10.3 Å². The number of hydrogen-bond acceptors (Lipinski definition) is 4. The average molecular weight is 282 g/mol. The molecular weight excluding hydrogens is 272 g/mol. The van der Waals surface area contributed by atoms with Gasteiger partial charge in [0, 0.05) is 24.0 Å². The molecule has 0 saturated carbocycles. The van der Waals surface area contributed by atoms with E-state index < -0.39 is 4.92 Å². The molecule has 3 rings (SSSR count). The number of rotatable bonds is 3. The van der Waals surface area contributed by atoms with E-state index in [-0.39, 0.29) is 11.6 Å². The number of pyridine rings is 1. The molecule has 0 saturated heterocycles. The van der Waals surface area contributed by atoms with Crippen LogP contribution in [0.3, 0.4) is 0 Å². The Morgan fingerprint density at radius 1 is 1.24 bits per heavy atom. The zero-order chi connectivity index (χ0) is 14.8. The van der Waals surface area contributed by atoms with E-state index in [1.165, 1.54) is 24.3 Å². The van der Waals surface area contributed by atoms with E-state index >= 15 is 0 Å². The lowest BCUT2D eigenvalue weighted by molar-refractivity contribution is -0.384. The van der Waals surface area contributed by atoms with E-state index in [0.717, 1.165) is 5.52 Å². The van der Waals surface area contributed by atoms with Crippen molar-refractivity contribution in [1.82, 2.24) is 9.97 Å². The predicted molar refractivity (Wildman–Crippen MR) is 77.1 cm³/mol. The molecule has 1 amide bonds. The van der Waals surface area contributed by atoms with Crippen LogP contribution in [0.4, 0.5) is 11.4 Å². The molecule has 1 aromatic carbocycles. The summed E-state index contributed by atoms with van der Waals surface area (Å²) in [6.07, 6.45) is 1.65. The van der Waals surface area contributed by atoms with E-state index in [1.807, 2.05) is 6.07 Å². The van der Waals surface area contributed by atoms with Crippen molar-refractivity contribution in [2.75, 3.05) is 5.32 Å². The molecule has 0 fully saturated rings. The third kappa shape index (κ3) is 2.57. The molecular formula is C14H10N4O3. The van der Waals surface area contributed by atoms with E-state index in [0.29, 0.717) is 16.9 Å². The van der Waals surface area contributed by atoms with Gasteiger partial charge in [-0.1, -0.05) is 0 Å². The molecule has 2 heterocycles. The number of anilines is 1. The van der Waals surface area contributed by atoms with Crippen molar-refractivity contribution in [3.8, 4) is 0 Å². The smallest absolute Gasteiger partial charge is 0.272 e. The molecule has 0 atom stereocenters. The van der Waals surface area contributed by atoms with E-state index in [1.54, 1.807) is 18.3 Å². The zero-order valence-corrected chi connectivity index (χ0v) is 10.7. The number of benzene rings is 1. The van der Waals surface area contributed by atoms with Gasteiger partial charge in [-0.3, -0.25) is 19.9 Å². The van der Waals surface area contributed by atoms with Crippen LogP contribution in [-0.2, 0) is 0 Å². The summed E-state index contributed by atoms with van der Waals surface area (Å²) in [5.41, 5.74) is 2.31. The number of fused-ring (bicyclic) bond motifs is 1. The van der Waals surface area contributed by atoms with Gasteiger partial charge in [0.1, 0.15) is 5.69 Å². The summed E-state index contributed by atoms with van der Waals surface area (Å²) in [4.78, 5) is 29.3. The number of H-pyrrole nitrogens is 1. The normalized spacial score (nSPS) is 10.5. The topological polar surface area (TPSA) is 101 Å². The van der Waals surface area contributed by atoms with Gasteiger partial charge in [0.2, 0.25) is 0 Å². The Morgan fingerprint density at radius 2 is 2.00 bits per heavy atom. The molecule has 0 unspecified atom stereocenters. The van der Waals surface area contributed by atoms with Gasteiger partial charge in [-0.15, -0.1) is 0 Å². The van der Waals surface area contributed by atoms with Crippen molar-refractivity contribution in [3.63, 3.8) is 0 Å². The standard InChI is InChI=1S/C14H10N4O3/c19-14(13-8-12-11(17-13)2-1-7-15-12)16-9-3-5-10(6-4-9)18(20)21/h1-8,17H,(H,16,19). The fourth-order valence-electron chi connectivity index (χ4n) is 1.94. The molecule has 3 aromatic rings. The van der Waals surface area contributed by atoms with E-state index in [9.17, 15) is 14.9 Å². The fourth-order valence-corrected chi connectivity index (χ4v) is 1.94. The van der Waals surface area contributed by atoms with Gasteiger partial charge in [0.25, 0.3) is 11.6 Å². The molecule has 0 aliphatic rings. The number of nitrogens with zero attached hydrogens (tertiary/aromatic N) is 2.